The first kappa shape index (κ1) is 18.2. The zero-order valence-corrected chi connectivity index (χ0v) is 16.3. The van der Waals surface area contributed by atoms with E-state index < -0.39 is 0 Å². The third-order valence-corrected chi connectivity index (χ3v) is 5.14. The Labute approximate surface area is 163 Å². The molecule has 0 radical (unpaired) electrons. The van der Waals surface area contributed by atoms with E-state index in [4.69, 9.17) is 9.26 Å². The van der Waals surface area contributed by atoms with Crippen molar-refractivity contribution < 1.29 is 14.1 Å². The van der Waals surface area contributed by atoms with Gasteiger partial charge in [0.25, 0.3) is 0 Å². The number of fused-ring (bicyclic) bond motifs is 1. The van der Waals surface area contributed by atoms with Crippen molar-refractivity contribution in [1.29, 1.82) is 0 Å². The van der Waals surface area contributed by atoms with E-state index >= 15 is 0 Å². The van der Waals surface area contributed by atoms with Crippen LogP contribution in [0.25, 0.3) is 11.3 Å². The molecule has 144 valence electrons. The maximum atomic E-state index is 12.3. The van der Waals surface area contributed by atoms with Gasteiger partial charge in [-0.1, -0.05) is 23.4 Å². The summed E-state index contributed by atoms with van der Waals surface area (Å²) in [6.07, 6.45) is 2.73. The highest BCUT2D eigenvalue weighted by atomic mass is 16.5. The Morgan fingerprint density at radius 1 is 1.21 bits per heavy atom. The molecule has 6 nitrogen and oxygen atoms in total. The number of hydrogen-bond acceptors (Lipinski definition) is 5. The van der Waals surface area contributed by atoms with Crippen molar-refractivity contribution in [2.24, 2.45) is 0 Å². The quantitative estimate of drug-likeness (QED) is 0.738. The van der Waals surface area contributed by atoms with Crippen LogP contribution >= 0.6 is 0 Å². The first-order valence-corrected chi connectivity index (χ1v) is 9.42. The molecule has 1 unspecified atom stereocenters. The van der Waals surface area contributed by atoms with Gasteiger partial charge in [0.05, 0.1) is 24.4 Å². The third-order valence-electron chi connectivity index (χ3n) is 5.14. The minimum atomic E-state index is -0.0891. The van der Waals surface area contributed by atoms with E-state index in [1.54, 1.807) is 6.20 Å². The van der Waals surface area contributed by atoms with Crippen LogP contribution in [0, 0.1) is 20.8 Å². The lowest BCUT2D eigenvalue weighted by Gasteiger charge is -2.14. The summed E-state index contributed by atoms with van der Waals surface area (Å²) in [5.41, 5.74) is 5.79. The van der Waals surface area contributed by atoms with E-state index in [0.29, 0.717) is 12.3 Å². The van der Waals surface area contributed by atoms with Crippen LogP contribution < -0.4 is 10.1 Å². The summed E-state index contributed by atoms with van der Waals surface area (Å²) < 4.78 is 11.3. The van der Waals surface area contributed by atoms with Crippen molar-refractivity contribution in [1.82, 2.24) is 15.5 Å². The van der Waals surface area contributed by atoms with Gasteiger partial charge in [0, 0.05) is 23.7 Å². The highest BCUT2D eigenvalue weighted by molar-refractivity contribution is 5.79. The Balaban J connectivity index is 1.42. The second kappa shape index (κ2) is 7.46. The van der Waals surface area contributed by atoms with Crippen molar-refractivity contribution in [3.8, 4) is 17.0 Å². The number of para-hydroxylation sites is 1. The highest BCUT2D eigenvalue weighted by Gasteiger charge is 2.27. The van der Waals surface area contributed by atoms with Crippen LogP contribution in [0.5, 0.6) is 5.75 Å². The number of aryl methyl sites for hydroxylation is 3. The zero-order valence-electron chi connectivity index (χ0n) is 16.3. The smallest absolute Gasteiger partial charge is 0.224 e. The summed E-state index contributed by atoms with van der Waals surface area (Å²) >= 11 is 0. The first-order valence-electron chi connectivity index (χ1n) is 9.42. The molecule has 0 aliphatic carbocycles. The minimum absolute atomic E-state index is 0.0604. The number of benzene rings is 1. The zero-order chi connectivity index (χ0) is 19.7. The highest BCUT2D eigenvalue weighted by Crippen LogP contribution is 2.38. The summed E-state index contributed by atoms with van der Waals surface area (Å²) in [7, 11) is 0. The van der Waals surface area contributed by atoms with E-state index in [0.717, 1.165) is 45.8 Å². The van der Waals surface area contributed by atoms with Gasteiger partial charge in [-0.2, -0.15) is 0 Å². The SMILES string of the molecule is Cc1cccnc1-c1cccc2c1OC(CNC(=O)Cc1c(C)noc1C)C2. The molecule has 1 amide bonds. The average Bonchev–Trinajstić information content (AvgIpc) is 3.25. The Morgan fingerprint density at radius 3 is 2.82 bits per heavy atom. The van der Waals surface area contributed by atoms with E-state index in [9.17, 15) is 4.79 Å². The first-order chi connectivity index (χ1) is 13.5. The molecule has 0 fully saturated rings. The molecule has 1 N–H and O–H groups in total. The Bertz CT molecular complexity index is 1010. The van der Waals surface area contributed by atoms with Crippen LogP contribution in [-0.4, -0.2) is 28.7 Å². The summed E-state index contributed by atoms with van der Waals surface area (Å²) in [6, 6.07) is 10.1. The fraction of sp³-hybridized carbons (Fsp3) is 0.318. The van der Waals surface area contributed by atoms with Gasteiger partial charge in [0.2, 0.25) is 5.91 Å². The normalized spacial score (nSPS) is 15.2. The molecule has 0 saturated carbocycles. The molecule has 0 bridgehead atoms. The van der Waals surface area contributed by atoms with E-state index in [1.807, 2.05) is 45.0 Å². The lowest BCUT2D eigenvalue weighted by atomic mass is 10.0. The van der Waals surface area contributed by atoms with Crippen LogP contribution in [0.3, 0.4) is 0 Å². The summed E-state index contributed by atoms with van der Waals surface area (Å²) in [5.74, 6) is 1.50. The summed E-state index contributed by atoms with van der Waals surface area (Å²) in [6.45, 7) is 6.16. The largest absolute Gasteiger partial charge is 0.487 e. The second-order valence-electron chi connectivity index (χ2n) is 7.19. The molecule has 4 rings (SSSR count). The van der Waals surface area contributed by atoms with Crippen LogP contribution in [0.15, 0.2) is 41.1 Å². The van der Waals surface area contributed by atoms with Gasteiger partial charge in [0.1, 0.15) is 17.6 Å². The maximum Gasteiger partial charge on any atom is 0.224 e. The predicted molar refractivity (Wildman–Crippen MR) is 105 cm³/mol. The molecule has 2 aromatic heterocycles. The van der Waals surface area contributed by atoms with Crippen LogP contribution in [0.2, 0.25) is 0 Å². The van der Waals surface area contributed by atoms with Crippen LogP contribution in [-0.2, 0) is 17.6 Å². The molecular formula is C22H23N3O3. The summed E-state index contributed by atoms with van der Waals surface area (Å²) in [4.78, 5) is 16.9. The Morgan fingerprint density at radius 2 is 2.07 bits per heavy atom. The van der Waals surface area contributed by atoms with Gasteiger partial charge in [-0.15, -0.1) is 0 Å². The molecule has 3 heterocycles. The fourth-order valence-electron chi connectivity index (χ4n) is 3.61. The molecule has 1 atom stereocenters. The number of pyridine rings is 1. The number of rotatable bonds is 5. The van der Waals surface area contributed by atoms with Gasteiger partial charge in [-0.25, -0.2) is 0 Å². The van der Waals surface area contributed by atoms with Crippen LogP contribution in [0.4, 0.5) is 0 Å². The number of nitrogens with zero attached hydrogens (tertiary/aromatic N) is 2. The monoisotopic (exact) mass is 377 g/mol. The average molecular weight is 377 g/mol. The van der Waals surface area contributed by atoms with Gasteiger partial charge >= 0.3 is 0 Å². The molecule has 0 saturated heterocycles. The number of carbonyl (C=O) groups excluding carboxylic acids is 1. The van der Waals surface area contributed by atoms with Gasteiger partial charge in [-0.05, 0) is 44.0 Å². The minimum Gasteiger partial charge on any atom is -0.487 e. The van der Waals surface area contributed by atoms with Crippen molar-refractivity contribution >= 4 is 5.91 Å². The molecule has 6 heteroatoms. The van der Waals surface area contributed by atoms with Gasteiger partial charge in [-0.3, -0.25) is 9.78 Å². The molecule has 3 aromatic rings. The standard InChI is InChI=1S/C22H23N3O3/c1-13-6-5-9-23-21(13)18-8-4-7-16-10-17(27-22(16)18)12-24-20(26)11-19-14(2)25-28-15(19)3/h4-9,17H,10-12H2,1-3H3,(H,24,26). The number of ether oxygens (including phenoxy) is 1. The summed E-state index contributed by atoms with van der Waals surface area (Å²) in [5, 5.41) is 6.87. The van der Waals surface area contributed by atoms with E-state index in [1.165, 1.54) is 0 Å². The topological polar surface area (TPSA) is 77.2 Å². The van der Waals surface area contributed by atoms with Crippen LogP contribution in [0.1, 0.15) is 28.1 Å². The van der Waals surface area contributed by atoms with Crippen molar-refractivity contribution in [2.75, 3.05) is 6.54 Å². The predicted octanol–water partition coefficient (Wildman–Crippen LogP) is 3.32. The molecular weight excluding hydrogens is 354 g/mol. The fourth-order valence-corrected chi connectivity index (χ4v) is 3.61. The molecule has 28 heavy (non-hydrogen) atoms. The van der Waals surface area contributed by atoms with E-state index in [-0.39, 0.29) is 18.4 Å². The van der Waals surface area contributed by atoms with Crippen molar-refractivity contribution in [3.63, 3.8) is 0 Å². The van der Waals surface area contributed by atoms with Crippen molar-refractivity contribution in [2.45, 2.75) is 39.7 Å². The van der Waals surface area contributed by atoms with Gasteiger partial charge in [0.15, 0.2) is 0 Å². The molecule has 1 aliphatic heterocycles. The third kappa shape index (κ3) is 3.50. The van der Waals surface area contributed by atoms with Crippen molar-refractivity contribution in [3.05, 3.63) is 64.7 Å². The number of nitrogens with one attached hydrogen (secondary N) is 1. The number of hydrogen-bond donors (Lipinski definition) is 1. The molecule has 0 spiro atoms. The maximum absolute atomic E-state index is 12.3. The molecule has 1 aliphatic rings. The number of amides is 1. The number of aromatic nitrogens is 2. The Kier molecular flexibility index (Phi) is 4.86. The Hall–Kier alpha value is -3.15. The lowest BCUT2D eigenvalue weighted by molar-refractivity contribution is -0.120. The molecule has 1 aromatic carbocycles. The van der Waals surface area contributed by atoms with Gasteiger partial charge < -0.3 is 14.6 Å². The number of carbonyl (C=O) groups is 1. The second-order valence-corrected chi connectivity index (χ2v) is 7.19. The lowest BCUT2D eigenvalue weighted by Crippen LogP contribution is -2.35. The van der Waals surface area contributed by atoms with E-state index in [2.05, 4.69) is 21.5 Å².